The van der Waals surface area contributed by atoms with Crippen LogP contribution in [0.15, 0.2) is 53.4 Å². The van der Waals surface area contributed by atoms with Crippen molar-refractivity contribution in [2.75, 3.05) is 19.6 Å². The smallest absolute Gasteiger partial charge is 0.253 e. The van der Waals surface area contributed by atoms with Gasteiger partial charge in [0.15, 0.2) is 0 Å². The third kappa shape index (κ3) is 2.76. The van der Waals surface area contributed by atoms with Crippen molar-refractivity contribution in [3.63, 3.8) is 0 Å². The normalized spacial score (nSPS) is 23.7. The first kappa shape index (κ1) is 15.1. The molecule has 24 heavy (non-hydrogen) atoms. The maximum absolute atomic E-state index is 12.9. The van der Waals surface area contributed by atoms with Crippen molar-refractivity contribution in [2.24, 2.45) is 0 Å². The van der Waals surface area contributed by atoms with Gasteiger partial charge in [0, 0.05) is 43.0 Å². The molecule has 0 bridgehead atoms. The number of carbonyl (C=O) groups excluding carboxylic acids is 1. The van der Waals surface area contributed by atoms with Gasteiger partial charge in [0.25, 0.3) is 5.91 Å². The van der Waals surface area contributed by atoms with Gasteiger partial charge in [0.1, 0.15) is 0 Å². The number of amides is 1. The zero-order valence-electron chi connectivity index (χ0n) is 13.9. The Balaban J connectivity index is 1.68. The monoisotopic (exact) mass is 322 g/mol. The molecule has 1 amide bonds. The summed E-state index contributed by atoms with van der Waals surface area (Å²) >= 11 is 0. The summed E-state index contributed by atoms with van der Waals surface area (Å²) in [5.74, 6) is 0.145. The number of aromatic amines is 1. The highest BCUT2D eigenvalue weighted by Gasteiger charge is 2.27. The van der Waals surface area contributed by atoms with Gasteiger partial charge in [-0.05, 0) is 48.6 Å². The number of hydrogen-bond acceptors (Lipinski definition) is 3. The molecule has 5 nitrogen and oxygen atoms in total. The van der Waals surface area contributed by atoms with E-state index in [2.05, 4.69) is 46.7 Å². The lowest BCUT2D eigenvalue weighted by atomic mass is 9.98. The molecule has 2 heterocycles. The van der Waals surface area contributed by atoms with Crippen LogP contribution >= 0.6 is 0 Å². The van der Waals surface area contributed by atoms with Crippen LogP contribution in [0.4, 0.5) is 0 Å². The van der Waals surface area contributed by atoms with E-state index in [0.717, 1.165) is 54.8 Å². The van der Waals surface area contributed by atoms with Crippen molar-refractivity contribution in [1.29, 1.82) is 0 Å². The Morgan fingerprint density at radius 1 is 1.33 bits per heavy atom. The van der Waals surface area contributed by atoms with Crippen LogP contribution in [0.1, 0.15) is 25.3 Å². The second kappa shape index (κ2) is 6.24. The molecule has 2 N–H and O–H groups in total. The van der Waals surface area contributed by atoms with Crippen molar-refractivity contribution in [1.82, 2.24) is 20.4 Å². The Morgan fingerprint density at radius 3 is 3.04 bits per heavy atom. The van der Waals surface area contributed by atoms with E-state index in [-0.39, 0.29) is 5.91 Å². The summed E-state index contributed by atoms with van der Waals surface area (Å²) < 4.78 is 0. The zero-order valence-corrected chi connectivity index (χ0v) is 13.9. The molecule has 1 aromatic heterocycles. The average Bonchev–Trinajstić information content (AvgIpc) is 3.22. The molecule has 1 saturated heterocycles. The van der Waals surface area contributed by atoms with E-state index in [1.165, 1.54) is 5.57 Å². The van der Waals surface area contributed by atoms with Gasteiger partial charge in [-0.2, -0.15) is 5.10 Å². The largest absolute Gasteiger partial charge is 0.336 e. The second-order valence-corrected chi connectivity index (χ2v) is 6.63. The van der Waals surface area contributed by atoms with Gasteiger partial charge in [-0.1, -0.05) is 12.2 Å². The first-order chi connectivity index (χ1) is 11.7. The predicted octanol–water partition coefficient (Wildman–Crippen LogP) is 2.20. The lowest BCUT2D eigenvalue weighted by Crippen LogP contribution is -2.51. The van der Waals surface area contributed by atoms with E-state index in [9.17, 15) is 4.79 Å². The van der Waals surface area contributed by atoms with Crippen LogP contribution in [-0.4, -0.2) is 46.7 Å². The Hall–Kier alpha value is -2.40. The van der Waals surface area contributed by atoms with Gasteiger partial charge >= 0.3 is 0 Å². The van der Waals surface area contributed by atoms with Gasteiger partial charge < -0.3 is 10.2 Å². The number of allylic oxidation sites excluding steroid dienone is 6. The van der Waals surface area contributed by atoms with Crippen LogP contribution in [0.25, 0.3) is 5.57 Å². The maximum atomic E-state index is 12.9. The molecule has 0 spiro atoms. The molecule has 1 aliphatic heterocycles. The summed E-state index contributed by atoms with van der Waals surface area (Å²) in [5.41, 5.74) is 5.43. The minimum atomic E-state index is 0.145. The fourth-order valence-electron chi connectivity index (χ4n) is 3.62. The summed E-state index contributed by atoms with van der Waals surface area (Å²) in [6.07, 6.45) is 14.2. The summed E-state index contributed by atoms with van der Waals surface area (Å²) in [6, 6.07) is 0.353. The number of fused-ring (bicyclic) bond motifs is 1. The van der Waals surface area contributed by atoms with Crippen molar-refractivity contribution >= 4 is 11.5 Å². The third-order valence-electron chi connectivity index (χ3n) is 4.84. The van der Waals surface area contributed by atoms with Crippen LogP contribution in [-0.2, 0) is 4.79 Å². The van der Waals surface area contributed by atoms with Gasteiger partial charge in [-0.15, -0.1) is 0 Å². The van der Waals surface area contributed by atoms with Gasteiger partial charge in [-0.25, -0.2) is 0 Å². The quantitative estimate of drug-likeness (QED) is 0.877. The molecule has 3 aliphatic rings. The van der Waals surface area contributed by atoms with E-state index in [0.29, 0.717) is 6.04 Å². The van der Waals surface area contributed by atoms with Crippen LogP contribution in [0, 0.1) is 0 Å². The number of rotatable bonds is 2. The summed E-state index contributed by atoms with van der Waals surface area (Å²) in [4.78, 5) is 14.9. The highest BCUT2D eigenvalue weighted by Crippen LogP contribution is 2.36. The highest BCUT2D eigenvalue weighted by atomic mass is 16.2. The molecule has 0 radical (unpaired) electrons. The molecular weight excluding hydrogens is 300 g/mol. The fraction of sp³-hybridized carbons (Fsp3) is 0.368. The number of nitrogens with zero attached hydrogens (tertiary/aromatic N) is 2. The van der Waals surface area contributed by atoms with E-state index in [4.69, 9.17) is 0 Å². The molecule has 1 unspecified atom stereocenters. The molecule has 1 fully saturated rings. The van der Waals surface area contributed by atoms with E-state index >= 15 is 0 Å². The molecule has 0 saturated carbocycles. The molecule has 124 valence electrons. The first-order valence-electron chi connectivity index (χ1n) is 8.57. The van der Waals surface area contributed by atoms with Crippen molar-refractivity contribution in [3.8, 4) is 0 Å². The number of piperazine rings is 1. The third-order valence-corrected chi connectivity index (χ3v) is 4.84. The minimum absolute atomic E-state index is 0.145. The average molecular weight is 322 g/mol. The Morgan fingerprint density at radius 2 is 2.25 bits per heavy atom. The molecular formula is C19H22N4O. The van der Waals surface area contributed by atoms with Crippen molar-refractivity contribution in [3.05, 3.63) is 59.0 Å². The van der Waals surface area contributed by atoms with Crippen molar-refractivity contribution < 1.29 is 4.79 Å². The van der Waals surface area contributed by atoms with Crippen LogP contribution in [0.2, 0.25) is 0 Å². The van der Waals surface area contributed by atoms with Crippen LogP contribution in [0.5, 0.6) is 0 Å². The SMILES string of the molecule is CC1CN(C(=O)C2=CC3=C(c4cn[nH]c4)C=CCCC3=C2)CCN1. The molecule has 5 heteroatoms. The zero-order chi connectivity index (χ0) is 16.5. The minimum Gasteiger partial charge on any atom is -0.336 e. The van der Waals surface area contributed by atoms with Crippen LogP contribution < -0.4 is 5.32 Å². The topological polar surface area (TPSA) is 61.0 Å². The summed E-state index contributed by atoms with van der Waals surface area (Å²) in [5, 5.41) is 10.3. The molecule has 1 atom stereocenters. The lowest BCUT2D eigenvalue weighted by Gasteiger charge is -2.32. The van der Waals surface area contributed by atoms with Crippen molar-refractivity contribution in [2.45, 2.75) is 25.8 Å². The predicted molar refractivity (Wildman–Crippen MR) is 94.1 cm³/mol. The van der Waals surface area contributed by atoms with Crippen LogP contribution in [0.3, 0.4) is 0 Å². The van der Waals surface area contributed by atoms with Gasteiger partial charge in [-0.3, -0.25) is 9.89 Å². The number of aromatic nitrogens is 2. The lowest BCUT2D eigenvalue weighted by molar-refractivity contribution is -0.127. The second-order valence-electron chi connectivity index (χ2n) is 6.63. The number of H-pyrrole nitrogens is 1. The highest BCUT2D eigenvalue weighted by molar-refractivity contribution is 6.00. The first-order valence-corrected chi connectivity index (χ1v) is 8.57. The number of carbonyl (C=O) groups is 1. The maximum Gasteiger partial charge on any atom is 0.253 e. The Bertz CT molecular complexity index is 767. The van der Waals surface area contributed by atoms with E-state index in [1.54, 1.807) is 0 Å². The number of nitrogens with one attached hydrogen (secondary N) is 2. The van der Waals surface area contributed by atoms with E-state index in [1.807, 2.05) is 17.3 Å². The Kier molecular flexibility index (Phi) is 3.94. The molecule has 2 aliphatic carbocycles. The number of hydrogen-bond donors (Lipinski definition) is 2. The molecule has 4 rings (SSSR count). The summed E-state index contributed by atoms with van der Waals surface area (Å²) in [6.45, 7) is 4.53. The molecule has 1 aromatic rings. The molecule has 0 aromatic carbocycles. The standard InChI is InChI=1S/C19H22N4O/c1-13-12-23(7-6-20-13)19(24)15-8-14-4-2-3-5-17(18(14)9-15)16-10-21-22-11-16/h3,5,8-11,13,20H,2,4,6-7,12H2,1H3,(H,21,22). The van der Waals surface area contributed by atoms with Gasteiger partial charge in [0.05, 0.1) is 6.20 Å². The van der Waals surface area contributed by atoms with E-state index < -0.39 is 0 Å². The summed E-state index contributed by atoms with van der Waals surface area (Å²) in [7, 11) is 0. The Labute approximate surface area is 141 Å². The fourth-order valence-corrected chi connectivity index (χ4v) is 3.62. The van der Waals surface area contributed by atoms with Gasteiger partial charge in [0.2, 0.25) is 0 Å².